The molecule has 0 N–H and O–H groups in total. The Morgan fingerprint density at radius 1 is 1.31 bits per heavy atom. The fourth-order valence-electron chi connectivity index (χ4n) is 3.09. The highest BCUT2D eigenvalue weighted by Gasteiger charge is 2.30. The van der Waals surface area contributed by atoms with E-state index in [4.69, 9.17) is 9.15 Å². The lowest BCUT2D eigenvalue weighted by Crippen LogP contribution is -2.06. The number of carbonyl (C=O) groups is 1. The molecule has 0 radical (unpaired) electrons. The number of thioether (sulfide) groups is 1. The Kier molecular flexibility index (Phi) is 4.72. The summed E-state index contributed by atoms with van der Waals surface area (Å²) >= 11 is 1.58. The van der Waals surface area contributed by atoms with Crippen LogP contribution < -0.4 is 0 Å². The van der Waals surface area contributed by atoms with Crippen LogP contribution in [0.3, 0.4) is 0 Å². The number of rotatable bonds is 7. The molecule has 1 fully saturated rings. The van der Waals surface area contributed by atoms with E-state index < -0.39 is 5.97 Å². The number of benzene rings is 1. The van der Waals surface area contributed by atoms with Crippen molar-refractivity contribution in [3.8, 4) is 0 Å². The molecule has 0 spiro atoms. The van der Waals surface area contributed by atoms with Crippen LogP contribution in [-0.2, 0) is 17.0 Å². The Labute approximate surface area is 155 Å². The van der Waals surface area contributed by atoms with Crippen molar-refractivity contribution in [1.82, 2.24) is 14.8 Å². The molecule has 3 aromatic rings. The molecule has 0 unspecified atom stereocenters. The number of nitrogens with zero attached hydrogens (tertiary/aromatic N) is 3. The van der Waals surface area contributed by atoms with Gasteiger partial charge in [-0.1, -0.05) is 30.0 Å². The third kappa shape index (κ3) is 3.11. The second kappa shape index (κ2) is 7.15. The minimum absolute atomic E-state index is 0.283. The van der Waals surface area contributed by atoms with E-state index in [1.165, 1.54) is 12.8 Å². The van der Waals surface area contributed by atoms with Crippen LogP contribution in [0.5, 0.6) is 0 Å². The second-order valence-electron chi connectivity index (χ2n) is 6.27. The van der Waals surface area contributed by atoms with Crippen LogP contribution in [-0.4, -0.2) is 27.3 Å². The van der Waals surface area contributed by atoms with E-state index in [0.29, 0.717) is 23.9 Å². The van der Waals surface area contributed by atoms with Gasteiger partial charge in [0.1, 0.15) is 11.4 Å². The third-order valence-corrected chi connectivity index (χ3v) is 5.50. The largest absolute Gasteiger partial charge is 0.460 e. The summed E-state index contributed by atoms with van der Waals surface area (Å²) in [5.74, 6) is 2.08. The van der Waals surface area contributed by atoms with Crippen molar-refractivity contribution in [3.63, 3.8) is 0 Å². The Balaban J connectivity index is 1.64. The normalized spacial score (nSPS) is 14.1. The van der Waals surface area contributed by atoms with Gasteiger partial charge in [0.15, 0.2) is 5.16 Å². The number of esters is 1. The van der Waals surface area contributed by atoms with E-state index in [-0.39, 0.29) is 5.76 Å². The predicted molar refractivity (Wildman–Crippen MR) is 99.4 cm³/mol. The van der Waals surface area contributed by atoms with Crippen molar-refractivity contribution in [2.24, 2.45) is 0 Å². The molecule has 2 aromatic heterocycles. The van der Waals surface area contributed by atoms with Crippen molar-refractivity contribution in [1.29, 1.82) is 0 Å². The van der Waals surface area contributed by atoms with Crippen molar-refractivity contribution in [2.45, 2.75) is 50.1 Å². The van der Waals surface area contributed by atoms with E-state index in [2.05, 4.69) is 21.7 Å². The zero-order chi connectivity index (χ0) is 18.1. The van der Waals surface area contributed by atoms with E-state index >= 15 is 0 Å². The van der Waals surface area contributed by atoms with Crippen LogP contribution in [0, 0.1) is 0 Å². The summed E-state index contributed by atoms with van der Waals surface area (Å²) in [5, 5.41) is 10.6. The van der Waals surface area contributed by atoms with Gasteiger partial charge < -0.3 is 13.7 Å². The number of hydrogen-bond acceptors (Lipinski definition) is 6. The van der Waals surface area contributed by atoms with Gasteiger partial charge in [-0.05, 0) is 32.8 Å². The standard InChI is InChI=1S/C19H21N3O3S/c1-3-22-17(12-9-10-12)20-21-19(22)26-11-14-13-7-5-6-8-15(13)25-16(14)18(23)24-4-2/h5-8,12H,3-4,9-11H2,1-2H3. The van der Waals surface area contributed by atoms with Gasteiger partial charge >= 0.3 is 5.97 Å². The summed E-state index contributed by atoms with van der Waals surface area (Å²) in [6.45, 7) is 5.06. The second-order valence-corrected chi connectivity index (χ2v) is 7.22. The minimum atomic E-state index is -0.421. The predicted octanol–water partition coefficient (Wildman–Crippen LogP) is 4.39. The van der Waals surface area contributed by atoms with Crippen molar-refractivity contribution in [2.75, 3.05) is 6.61 Å². The van der Waals surface area contributed by atoms with Gasteiger partial charge in [-0.2, -0.15) is 0 Å². The molecule has 0 bridgehead atoms. The van der Waals surface area contributed by atoms with Crippen molar-refractivity contribution < 1.29 is 13.9 Å². The monoisotopic (exact) mass is 371 g/mol. The number of aromatic nitrogens is 3. The molecule has 6 nitrogen and oxygen atoms in total. The van der Waals surface area contributed by atoms with Gasteiger partial charge in [-0.25, -0.2) is 4.79 Å². The molecule has 26 heavy (non-hydrogen) atoms. The summed E-state index contributed by atoms with van der Waals surface area (Å²) in [4.78, 5) is 12.3. The quantitative estimate of drug-likeness (QED) is 0.453. The fourth-order valence-corrected chi connectivity index (χ4v) is 4.12. The molecule has 0 aliphatic heterocycles. The molecule has 1 aliphatic rings. The average molecular weight is 371 g/mol. The zero-order valence-electron chi connectivity index (χ0n) is 14.9. The van der Waals surface area contributed by atoms with Gasteiger partial charge in [-0.3, -0.25) is 0 Å². The molecule has 1 aliphatic carbocycles. The van der Waals surface area contributed by atoms with Gasteiger partial charge in [0.05, 0.1) is 6.61 Å². The van der Waals surface area contributed by atoms with E-state index in [0.717, 1.165) is 28.5 Å². The molecule has 136 valence electrons. The van der Waals surface area contributed by atoms with Gasteiger partial charge in [0.2, 0.25) is 5.76 Å². The van der Waals surface area contributed by atoms with Crippen LogP contribution in [0.4, 0.5) is 0 Å². The summed E-state index contributed by atoms with van der Waals surface area (Å²) in [6.07, 6.45) is 2.39. The zero-order valence-corrected chi connectivity index (χ0v) is 15.7. The number of carbonyl (C=O) groups excluding carboxylic acids is 1. The lowest BCUT2D eigenvalue weighted by atomic mass is 10.1. The highest BCUT2D eigenvalue weighted by Crippen LogP contribution is 2.40. The average Bonchev–Trinajstić information content (AvgIpc) is 3.31. The third-order valence-electron chi connectivity index (χ3n) is 4.51. The van der Waals surface area contributed by atoms with Crippen molar-refractivity contribution in [3.05, 3.63) is 41.4 Å². The van der Waals surface area contributed by atoms with Gasteiger partial charge in [0.25, 0.3) is 0 Å². The smallest absolute Gasteiger partial charge is 0.374 e. The van der Waals surface area contributed by atoms with Crippen molar-refractivity contribution >= 4 is 28.7 Å². The minimum Gasteiger partial charge on any atom is -0.460 e. The maximum atomic E-state index is 12.3. The Bertz CT molecular complexity index is 943. The van der Waals surface area contributed by atoms with E-state index in [1.54, 1.807) is 18.7 Å². The van der Waals surface area contributed by atoms with Crippen LogP contribution in [0.2, 0.25) is 0 Å². The number of fused-ring (bicyclic) bond motifs is 1. The lowest BCUT2D eigenvalue weighted by molar-refractivity contribution is 0.0491. The summed E-state index contributed by atoms with van der Waals surface area (Å²) in [6, 6.07) is 7.68. The maximum absolute atomic E-state index is 12.3. The molecule has 0 atom stereocenters. The van der Waals surface area contributed by atoms with Gasteiger partial charge in [-0.15, -0.1) is 10.2 Å². The Hall–Kier alpha value is -2.28. The lowest BCUT2D eigenvalue weighted by Gasteiger charge is -2.07. The van der Waals surface area contributed by atoms with Gasteiger partial charge in [0, 0.05) is 29.2 Å². The number of para-hydroxylation sites is 1. The van der Waals surface area contributed by atoms with Crippen LogP contribution in [0.25, 0.3) is 11.0 Å². The maximum Gasteiger partial charge on any atom is 0.374 e. The molecular formula is C19H21N3O3S. The number of hydrogen-bond donors (Lipinski definition) is 0. The fraction of sp³-hybridized carbons (Fsp3) is 0.421. The first kappa shape index (κ1) is 17.1. The van der Waals surface area contributed by atoms with Crippen LogP contribution in [0.15, 0.2) is 33.8 Å². The topological polar surface area (TPSA) is 70.2 Å². The summed E-state index contributed by atoms with van der Waals surface area (Å²) in [7, 11) is 0. The van der Waals surface area contributed by atoms with E-state index in [1.807, 2.05) is 24.3 Å². The summed E-state index contributed by atoms with van der Waals surface area (Å²) in [5.41, 5.74) is 1.55. The highest BCUT2D eigenvalue weighted by atomic mass is 32.2. The first-order valence-corrected chi connectivity index (χ1v) is 9.94. The molecule has 2 heterocycles. The number of furan rings is 1. The molecule has 7 heteroatoms. The molecule has 1 saturated carbocycles. The highest BCUT2D eigenvalue weighted by molar-refractivity contribution is 7.98. The Morgan fingerprint density at radius 3 is 2.85 bits per heavy atom. The molecule has 0 amide bonds. The van der Waals surface area contributed by atoms with Crippen LogP contribution in [0.1, 0.15) is 54.5 Å². The Morgan fingerprint density at radius 2 is 2.12 bits per heavy atom. The van der Waals surface area contributed by atoms with Crippen LogP contribution >= 0.6 is 11.8 Å². The summed E-state index contributed by atoms with van der Waals surface area (Å²) < 4.78 is 13.1. The first-order chi connectivity index (χ1) is 12.7. The SMILES string of the molecule is CCOC(=O)c1oc2ccccc2c1CSc1nnc(C2CC2)n1CC. The van der Waals surface area contributed by atoms with E-state index in [9.17, 15) is 4.79 Å². The molecule has 0 saturated heterocycles. The first-order valence-electron chi connectivity index (χ1n) is 8.96. The number of ether oxygens (including phenoxy) is 1. The molecular weight excluding hydrogens is 350 g/mol. The molecule has 4 rings (SSSR count). The molecule has 1 aromatic carbocycles.